The van der Waals surface area contributed by atoms with Gasteiger partial charge in [-0.1, -0.05) is 12.1 Å². The Morgan fingerprint density at radius 2 is 1.91 bits per heavy atom. The van der Waals surface area contributed by atoms with E-state index in [1.54, 1.807) is 30.1 Å². The number of ether oxygens (including phenoxy) is 2. The van der Waals surface area contributed by atoms with E-state index >= 15 is 0 Å². The van der Waals surface area contributed by atoms with E-state index in [1.807, 2.05) is 26.0 Å². The Balaban J connectivity index is 1.74. The van der Waals surface area contributed by atoms with Crippen molar-refractivity contribution in [2.75, 3.05) is 19.2 Å². The molecule has 1 aromatic carbocycles. The summed E-state index contributed by atoms with van der Waals surface area (Å²) in [7, 11) is -1.96. The van der Waals surface area contributed by atoms with Crippen LogP contribution < -0.4 is 20.6 Å². The summed E-state index contributed by atoms with van der Waals surface area (Å²) in [6, 6.07) is 6.95. The highest BCUT2D eigenvalue weighted by Gasteiger charge is 2.37. The highest BCUT2D eigenvalue weighted by atomic mass is 31.2. The van der Waals surface area contributed by atoms with Gasteiger partial charge in [0, 0.05) is 6.04 Å². The molecule has 0 aliphatic rings. The average Bonchev–Trinajstić information content (AvgIpc) is 3.21. The molecule has 0 aliphatic heterocycles. The second-order valence-electron chi connectivity index (χ2n) is 8.84. The van der Waals surface area contributed by atoms with Gasteiger partial charge in [-0.25, -0.2) is 25.1 Å². The van der Waals surface area contributed by atoms with Crippen molar-refractivity contribution >= 4 is 30.4 Å². The second-order valence-corrected chi connectivity index (χ2v) is 11.1. The summed E-state index contributed by atoms with van der Waals surface area (Å²) in [6.07, 6.45) is 2.31. The number of hydrogen-bond donors (Lipinski definition) is 4. The van der Waals surface area contributed by atoms with Crippen LogP contribution in [0, 0.1) is 0 Å². The minimum atomic E-state index is -3.54. The summed E-state index contributed by atoms with van der Waals surface area (Å²) < 4.78 is 26.8. The Morgan fingerprint density at radius 1 is 1.23 bits per heavy atom. The maximum Gasteiger partial charge on any atom is 0.323 e. The fourth-order valence-corrected chi connectivity index (χ4v) is 5.92. The molecule has 35 heavy (non-hydrogen) atoms. The van der Waals surface area contributed by atoms with Crippen LogP contribution in [0.2, 0.25) is 0 Å². The number of nitrogens with two attached hydrogens (primary N) is 1. The molecule has 3 rings (SSSR count). The molecule has 0 aliphatic carbocycles. The lowest BCUT2D eigenvalue weighted by molar-refractivity contribution is -0.142. The van der Waals surface area contributed by atoms with Crippen LogP contribution in [0.3, 0.4) is 0 Å². The van der Waals surface area contributed by atoms with Gasteiger partial charge in [-0.3, -0.25) is 9.36 Å². The Morgan fingerprint density at radius 3 is 2.54 bits per heavy atom. The zero-order chi connectivity index (χ0) is 25.8. The van der Waals surface area contributed by atoms with Crippen LogP contribution in [-0.4, -0.2) is 55.7 Å². The van der Waals surface area contributed by atoms with E-state index in [9.17, 15) is 14.5 Å². The number of nitrogens with zero attached hydrogens (tertiary/aromatic N) is 4. The molecule has 0 amide bonds. The Bertz CT molecular complexity index is 1210. The molecule has 5 N–H and O–H groups in total. The van der Waals surface area contributed by atoms with Crippen molar-refractivity contribution in [1.82, 2.24) is 29.7 Å². The summed E-state index contributed by atoms with van der Waals surface area (Å²) in [5.74, 6) is -0.152. The van der Waals surface area contributed by atoms with Crippen LogP contribution in [0.1, 0.15) is 39.3 Å². The summed E-state index contributed by atoms with van der Waals surface area (Å²) >= 11 is 0. The first-order valence-electron chi connectivity index (χ1n) is 11.0. The van der Waals surface area contributed by atoms with Crippen molar-refractivity contribution in [2.24, 2.45) is 0 Å². The van der Waals surface area contributed by atoms with E-state index in [4.69, 9.17) is 15.2 Å². The molecule has 0 unspecified atom stereocenters. The SMILES string of the molecule is COc1ccc([C@H](C)N[P@@](=O)(CO[C@H](C)Cn2cnc3c(N)ncnc32)NC(C)(C)C(=O)O)cc1. The molecule has 0 fully saturated rings. The van der Waals surface area contributed by atoms with Crippen molar-refractivity contribution in [3.63, 3.8) is 0 Å². The molecule has 12 nitrogen and oxygen atoms in total. The monoisotopic (exact) mass is 505 g/mol. The lowest BCUT2D eigenvalue weighted by Crippen LogP contribution is -2.47. The number of nitrogen functional groups attached to an aromatic ring is 1. The lowest BCUT2D eigenvalue weighted by Gasteiger charge is -2.32. The van der Waals surface area contributed by atoms with Gasteiger partial charge in [-0.15, -0.1) is 0 Å². The standard InChI is InChI=1S/C22H32N7O5P/c1-14(10-29-12-26-18-19(23)24-11-25-20(18)29)34-13-35(32,28-22(3,4)21(30)31)27-15(2)16-6-8-17(33-5)9-7-16/h6-9,11-12,14-15H,10,13H2,1-5H3,(H,30,31)(H2,23,24,25)(H2,27,28,32)/t14-,15+,35+/m1/s1. The van der Waals surface area contributed by atoms with Crippen molar-refractivity contribution in [3.8, 4) is 5.75 Å². The van der Waals surface area contributed by atoms with E-state index in [2.05, 4.69) is 25.1 Å². The fourth-order valence-electron chi connectivity index (χ4n) is 3.48. The van der Waals surface area contributed by atoms with E-state index < -0.39 is 25.1 Å². The van der Waals surface area contributed by atoms with Crippen LogP contribution in [0.15, 0.2) is 36.9 Å². The molecule has 0 saturated heterocycles. The molecule has 0 saturated carbocycles. The summed E-state index contributed by atoms with van der Waals surface area (Å²) in [5.41, 5.74) is 6.30. The predicted molar refractivity (Wildman–Crippen MR) is 132 cm³/mol. The number of nitrogens with one attached hydrogen (secondary N) is 2. The van der Waals surface area contributed by atoms with Gasteiger partial charge in [0.2, 0.25) is 7.44 Å². The zero-order valence-electron chi connectivity index (χ0n) is 20.4. The first-order chi connectivity index (χ1) is 16.4. The highest BCUT2D eigenvalue weighted by Crippen LogP contribution is 2.42. The first-order valence-corrected chi connectivity index (χ1v) is 12.9. The van der Waals surface area contributed by atoms with Gasteiger partial charge in [0.15, 0.2) is 11.5 Å². The molecule has 13 heteroatoms. The quantitative estimate of drug-likeness (QED) is 0.267. The van der Waals surface area contributed by atoms with E-state index in [-0.39, 0.29) is 18.2 Å². The molecular formula is C22H32N7O5P. The smallest absolute Gasteiger partial charge is 0.323 e. The van der Waals surface area contributed by atoms with Crippen molar-refractivity contribution in [1.29, 1.82) is 0 Å². The number of carbonyl (C=O) groups is 1. The maximum absolute atomic E-state index is 13.9. The molecule has 0 bridgehead atoms. The second kappa shape index (κ2) is 10.7. The number of methoxy groups -OCH3 is 1. The van der Waals surface area contributed by atoms with Gasteiger partial charge in [0.25, 0.3) is 0 Å². The number of aliphatic carboxylic acids is 1. The van der Waals surface area contributed by atoms with Crippen molar-refractivity contribution < 1.29 is 23.9 Å². The number of aromatic nitrogens is 4. The van der Waals surface area contributed by atoms with Gasteiger partial charge >= 0.3 is 5.97 Å². The largest absolute Gasteiger partial charge is 0.497 e. The molecule has 2 heterocycles. The molecule has 0 spiro atoms. The normalized spacial score (nSPS) is 15.5. The molecule has 3 aromatic rings. The number of benzene rings is 1. The highest BCUT2D eigenvalue weighted by molar-refractivity contribution is 7.59. The van der Waals surface area contributed by atoms with Crippen LogP contribution in [0.4, 0.5) is 5.82 Å². The molecular weight excluding hydrogens is 473 g/mol. The van der Waals surface area contributed by atoms with E-state index in [0.29, 0.717) is 23.5 Å². The lowest BCUT2D eigenvalue weighted by atomic mass is 10.1. The van der Waals surface area contributed by atoms with E-state index in [1.165, 1.54) is 20.2 Å². The zero-order valence-corrected chi connectivity index (χ0v) is 21.3. The van der Waals surface area contributed by atoms with Crippen LogP contribution >= 0.6 is 7.44 Å². The van der Waals surface area contributed by atoms with Crippen LogP contribution in [0.25, 0.3) is 11.2 Å². The third-order valence-electron chi connectivity index (χ3n) is 5.44. The number of rotatable bonds is 12. The fraction of sp³-hybridized carbons (Fsp3) is 0.455. The average molecular weight is 506 g/mol. The predicted octanol–water partition coefficient (Wildman–Crippen LogP) is 2.78. The summed E-state index contributed by atoms with van der Waals surface area (Å²) in [6.45, 7) is 6.92. The number of carboxylic acid groups (broad SMARTS) is 1. The summed E-state index contributed by atoms with van der Waals surface area (Å²) in [5, 5.41) is 15.4. The minimum Gasteiger partial charge on any atom is -0.497 e. The van der Waals surface area contributed by atoms with Crippen LogP contribution in [-0.2, 0) is 20.6 Å². The van der Waals surface area contributed by atoms with Gasteiger partial charge < -0.3 is 24.9 Å². The first kappa shape index (κ1) is 26.6. The van der Waals surface area contributed by atoms with Crippen molar-refractivity contribution in [2.45, 2.75) is 51.9 Å². The third kappa shape index (κ3) is 6.55. The van der Waals surface area contributed by atoms with Gasteiger partial charge in [0.05, 0.1) is 26.1 Å². The molecule has 3 atom stereocenters. The minimum absolute atomic E-state index is 0.241. The van der Waals surface area contributed by atoms with Crippen molar-refractivity contribution in [3.05, 3.63) is 42.5 Å². The Kier molecular flexibility index (Phi) is 8.11. The van der Waals surface area contributed by atoms with Gasteiger partial charge in [0.1, 0.15) is 29.5 Å². The van der Waals surface area contributed by atoms with Gasteiger partial charge in [-0.05, 0) is 45.4 Å². The third-order valence-corrected chi connectivity index (χ3v) is 7.67. The Hall–Kier alpha value is -3.05. The Labute approximate surface area is 203 Å². The number of imidazole rings is 1. The van der Waals surface area contributed by atoms with E-state index in [0.717, 1.165) is 5.56 Å². The van der Waals surface area contributed by atoms with Gasteiger partial charge in [-0.2, -0.15) is 0 Å². The number of hydrogen-bond acceptors (Lipinski definition) is 8. The summed E-state index contributed by atoms with van der Waals surface area (Å²) in [4.78, 5) is 24.1. The molecule has 0 radical (unpaired) electrons. The van der Waals surface area contributed by atoms with Crippen LogP contribution in [0.5, 0.6) is 5.75 Å². The molecule has 2 aromatic heterocycles. The molecule has 190 valence electrons. The topological polar surface area (TPSA) is 167 Å². The number of fused-ring (bicyclic) bond motifs is 1. The maximum atomic E-state index is 13.9. The number of carboxylic acids is 1. The number of anilines is 1.